The first-order valence-corrected chi connectivity index (χ1v) is 7.32. The Morgan fingerprint density at radius 2 is 2.05 bits per heavy atom. The smallest absolute Gasteiger partial charge is 0.0450 e. The number of nitrogens with zero attached hydrogens (tertiary/aromatic N) is 2. The summed E-state index contributed by atoms with van der Waals surface area (Å²) in [5.41, 5.74) is 3.64. The van der Waals surface area contributed by atoms with E-state index in [9.17, 15) is 0 Å². The van der Waals surface area contributed by atoms with Crippen LogP contribution in [0.2, 0.25) is 0 Å². The minimum atomic E-state index is 0.100. The first-order chi connectivity index (χ1) is 9.24. The molecule has 0 atom stereocenters. The summed E-state index contributed by atoms with van der Waals surface area (Å²) in [6.45, 7) is 18.5. The Labute approximate surface area is 124 Å². The Bertz CT molecular complexity index is 444. The monoisotopic (exact) mass is 275 g/mol. The van der Waals surface area contributed by atoms with Crippen LogP contribution in [0.1, 0.15) is 45.9 Å². The molecule has 0 aliphatic rings. The van der Waals surface area contributed by atoms with Gasteiger partial charge in [-0.1, -0.05) is 6.08 Å². The third kappa shape index (κ3) is 4.97. The van der Waals surface area contributed by atoms with E-state index in [1.165, 1.54) is 11.3 Å². The van der Waals surface area contributed by atoms with Gasteiger partial charge < -0.3 is 10.2 Å². The zero-order chi connectivity index (χ0) is 15.3. The number of nitrogens with one attached hydrogen (secondary N) is 1. The van der Waals surface area contributed by atoms with Gasteiger partial charge in [0.1, 0.15) is 0 Å². The second-order valence-electron chi connectivity index (χ2n) is 6.59. The number of rotatable bonds is 6. The van der Waals surface area contributed by atoms with Gasteiger partial charge in [-0.15, -0.1) is 6.58 Å². The molecule has 1 N–H and O–H groups in total. The van der Waals surface area contributed by atoms with Crippen molar-refractivity contribution >= 4 is 5.69 Å². The second kappa shape index (κ2) is 6.89. The molecule has 0 spiro atoms. The third-order valence-corrected chi connectivity index (χ3v) is 3.17. The van der Waals surface area contributed by atoms with Crippen LogP contribution in [-0.4, -0.2) is 23.1 Å². The summed E-state index contributed by atoms with van der Waals surface area (Å²) < 4.78 is 0. The lowest BCUT2D eigenvalue weighted by Gasteiger charge is -2.31. The van der Waals surface area contributed by atoms with Crippen LogP contribution in [0.4, 0.5) is 5.69 Å². The number of aromatic nitrogens is 1. The Morgan fingerprint density at radius 1 is 1.40 bits per heavy atom. The van der Waals surface area contributed by atoms with Crippen LogP contribution in [0, 0.1) is 6.92 Å². The molecule has 1 aromatic heterocycles. The fraction of sp³-hybridized carbons (Fsp3) is 0.588. The van der Waals surface area contributed by atoms with E-state index < -0.39 is 0 Å². The van der Waals surface area contributed by atoms with Crippen molar-refractivity contribution in [3.8, 4) is 0 Å². The van der Waals surface area contributed by atoms with E-state index >= 15 is 0 Å². The largest absolute Gasteiger partial charge is 0.365 e. The maximum Gasteiger partial charge on any atom is 0.0450 e. The quantitative estimate of drug-likeness (QED) is 0.803. The normalized spacial score (nSPS) is 11.8. The van der Waals surface area contributed by atoms with E-state index in [0.29, 0.717) is 6.04 Å². The fourth-order valence-corrected chi connectivity index (χ4v) is 2.06. The Hall–Kier alpha value is -1.35. The fourth-order valence-electron chi connectivity index (χ4n) is 2.06. The average Bonchev–Trinajstić information content (AvgIpc) is 2.33. The highest BCUT2D eigenvalue weighted by Crippen LogP contribution is 2.23. The van der Waals surface area contributed by atoms with Crippen LogP contribution >= 0.6 is 0 Å². The number of anilines is 1. The molecule has 3 heteroatoms. The summed E-state index contributed by atoms with van der Waals surface area (Å²) in [5.74, 6) is 0. The van der Waals surface area contributed by atoms with Crippen molar-refractivity contribution in [3.63, 3.8) is 0 Å². The van der Waals surface area contributed by atoms with Gasteiger partial charge >= 0.3 is 0 Å². The number of pyridine rings is 1. The lowest BCUT2D eigenvalue weighted by Crippen LogP contribution is -2.37. The molecule has 0 aromatic carbocycles. The molecule has 0 radical (unpaired) electrons. The molecule has 1 aromatic rings. The summed E-state index contributed by atoms with van der Waals surface area (Å²) in [7, 11) is 0. The molecule has 0 saturated carbocycles. The Balaban J connectivity index is 3.08. The van der Waals surface area contributed by atoms with Crippen molar-refractivity contribution in [1.29, 1.82) is 0 Å². The topological polar surface area (TPSA) is 28.2 Å². The van der Waals surface area contributed by atoms with Gasteiger partial charge in [0.05, 0.1) is 0 Å². The molecule has 1 heterocycles. The van der Waals surface area contributed by atoms with E-state index in [2.05, 4.69) is 62.5 Å². The molecule has 0 aliphatic carbocycles. The van der Waals surface area contributed by atoms with Gasteiger partial charge in [0.15, 0.2) is 0 Å². The van der Waals surface area contributed by atoms with E-state index in [1.54, 1.807) is 0 Å². The maximum absolute atomic E-state index is 4.45. The molecule has 0 saturated heterocycles. The van der Waals surface area contributed by atoms with Crippen molar-refractivity contribution in [1.82, 2.24) is 10.3 Å². The van der Waals surface area contributed by atoms with Crippen LogP contribution in [-0.2, 0) is 6.54 Å². The average molecular weight is 275 g/mol. The first-order valence-electron chi connectivity index (χ1n) is 7.32. The van der Waals surface area contributed by atoms with Gasteiger partial charge in [0.2, 0.25) is 0 Å². The molecule has 0 aliphatic heterocycles. The predicted molar refractivity (Wildman–Crippen MR) is 88.2 cm³/mol. The lowest BCUT2D eigenvalue weighted by atomic mass is 10.1. The third-order valence-electron chi connectivity index (χ3n) is 3.17. The summed E-state index contributed by atoms with van der Waals surface area (Å²) in [4.78, 5) is 6.81. The van der Waals surface area contributed by atoms with Crippen molar-refractivity contribution in [2.75, 3.05) is 11.4 Å². The van der Waals surface area contributed by atoms with Gasteiger partial charge in [-0.2, -0.15) is 0 Å². The zero-order valence-corrected chi connectivity index (χ0v) is 13.8. The van der Waals surface area contributed by atoms with E-state index in [1.807, 2.05) is 19.2 Å². The van der Waals surface area contributed by atoms with Gasteiger partial charge in [-0.3, -0.25) is 4.98 Å². The summed E-state index contributed by atoms with van der Waals surface area (Å²) in [6.07, 6.45) is 3.94. The summed E-state index contributed by atoms with van der Waals surface area (Å²) >= 11 is 0. The van der Waals surface area contributed by atoms with Crippen molar-refractivity contribution in [3.05, 3.63) is 36.2 Å². The predicted octanol–water partition coefficient (Wildman–Crippen LogP) is 3.68. The van der Waals surface area contributed by atoms with E-state index in [0.717, 1.165) is 18.8 Å². The highest BCUT2D eigenvalue weighted by molar-refractivity contribution is 5.54. The van der Waals surface area contributed by atoms with Crippen LogP contribution < -0.4 is 10.2 Å². The Morgan fingerprint density at radius 3 is 2.55 bits per heavy atom. The standard InChI is InChI=1S/C17H29N3/c1-8-9-20(13(2)3)16-10-14(4)18-11-15(16)12-19-17(5,6)7/h8,10-11,13,19H,1,9,12H2,2-7H3. The van der Waals surface area contributed by atoms with Crippen molar-refractivity contribution < 1.29 is 0 Å². The van der Waals surface area contributed by atoms with E-state index in [-0.39, 0.29) is 5.54 Å². The first kappa shape index (κ1) is 16.7. The molecule has 112 valence electrons. The maximum atomic E-state index is 4.45. The molecule has 0 unspecified atom stereocenters. The molecule has 3 nitrogen and oxygen atoms in total. The lowest BCUT2D eigenvalue weighted by molar-refractivity contribution is 0.424. The molecule has 1 rings (SSSR count). The molecular formula is C17H29N3. The number of aryl methyl sites for hydroxylation is 1. The minimum Gasteiger partial charge on any atom is -0.365 e. The van der Waals surface area contributed by atoms with Gasteiger partial charge in [-0.05, 0) is 47.6 Å². The molecule has 0 fully saturated rings. The molecule has 0 amide bonds. The molecule has 20 heavy (non-hydrogen) atoms. The SMILES string of the molecule is C=CCN(c1cc(C)ncc1CNC(C)(C)C)C(C)C. The van der Waals surface area contributed by atoms with Crippen LogP contribution in [0.3, 0.4) is 0 Å². The van der Waals surface area contributed by atoms with Gasteiger partial charge in [0, 0.05) is 47.8 Å². The second-order valence-corrected chi connectivity index (χ2v) is 6.59. The summed E-state index contributed by atoms with van der Waals surface area (Å²) in [6, 6.07) is 2.60. The van der Waals surface area contributed by atoms with Gasteiger partial charge in [-0.25, -0.2) is 0 Å². The highest BCUT2D eigenvalue weighted by atomic mass is 15.2. The number of hydrogen-bond acceptors (Lipinski definition) is 3. The van der Waals surface area contributed by atoms with Crippen LogP contribution in [0.25, 0.3) is 0 Å². The zero-order valence-electron chi connectivity index (χ0n) is 13.8. The van der Waals surface area contributed by atoms with Crippen LogP contribution in [0.5, 0.6) is 0 Å². The van der Waals surface area contributed by atoms with Crippen LogP contribution in [0.15, 0.2) is 24.9 Å². The van der Waals surface area contributed by atoms with Gasteiger partial charge in [0.25, 0.3) is 0 Å². The Kier molecular flexibility index (Phi) is 5.75. The van der Waals surface area contributed by atoms with Crippen molar-refractivity contribution in [2.45, 2.75) is 59.7 Å². The summed E-state index contributed by atoms with van der Waals surface area (Å²) in [5, 5.41) is 3.54. The molecular weight excluding hydrogens is 246 g/mol. The minimum absolute atomic E-state index is 0.100. The number of hydrogen-bond donors (Lipinski definition) is 1. The van der Waals surface area contributed by atoms with Crippen molar-refractivity contribution in [2.24, 2.45) is 0 Å². The molecule has 0 bridgehead atoms. The highest BCUT2D eigenvalue weighted by Gasteiger charge is 2.16. The van der Waals surface area contributed by atoms with E-state index in [4.69, 9.17) is 0 Å².